The summed E-state index contributed by atoms with van der Waals surface area (Å²) < 4.78 is 6.60. The first-order valence-electron chi connectivity index (χ1n) is 9.32. The minimum Gasteiger partial charge on any atom is -0.497 e. The number of imide groups is 1. The van der Waals surface area contributed by atoms with E-state index in [1.165, 1.54) is 11.0 Å². The topological polar surface area (TPSA) is 131 Å². The number of hydrogen-bond donors (Lipinski definition) is 2. The molecule has 0 spiro atoms. The van der Waals surface area contributed by atoms with Crippen LogP contribution < -0.4 is 15.4 Å². The van der Waals surface area contributed by atoms with E-state index >= 15 is 0 Å². The molecular weight excluding hydrogens is 402 g/mol. The first-order valence-corrected chi connectivity index (χ1v) is 9.32. The van der Waals surface area contributed by atoms with Crippen molar-refractivity contribution in [3.63, 3.8) is 0 Å². The van der Waals surface area contributed by atoms with Crippen molar-refractivity contribution in [2.24, 2.45) is 0 Å². The summed E-state index contributed by atoms with van der Waals surface area (Å²) in [6.45, 7) is 1.19. The Morgan fingerprint density at radius 3 is 2.45 bits per heavy atom. The Morgan fingerprint density at radius 1 is 1.13 bits per heavy atom. The number of anilines is 1. The van der Waals surface area contributed by atoms with Gasteiger partial charge in [-0.2, -0.15) is 0 Å². The van der Waals surface area contributed by atoms with Crippen LogP contribution in [0.5, 0.6) is 5.75 Å². The summed E-state index contributed by atoms with van der Waals surface area (Å²) in [6.07, 6.45) is 1.45. The number of hydrogen-bond acceptors (Lipinski definition) is 7. The lowest BCUT2D eigenvalue weighted by Gasteiger charge is -2.22. The molecule has 0 aliphatic carbocycles. The summed E-state index contributed by atoms with van der Waals surface area (Å²) in [4.78, 5) is 38.8. The summed E-state index contributed by atoms with van der Waals surface area (Å²) in [6, 6.07) is 13.0. The Morgan fingerprint density at radius 2 is 1.84 bits per heavy atom. The highest BCUT2D eigenvalue weighted by atomic mass is 16.5. The van der Waals surface area contributed by atoms with Gasteiger partial charge in [-0.3, -0.25) is 14.5 Å². The van der Waals surface area contributed by atoms with E-state index in [1.807, 2.05) is 0 Å². The molecule has 158 valence electrons. The first-order chi connectivity index (χ1) is 14.9. The zero-order valence-corrected chi connectivity index (χ0v) is 16.8. The third kappa shape index (κ3) is 3.80. The zero-order valence-electron chi connectivity index (χ0n) is 16.8. The predicted octanol–water partition coefficient (Wildman–Crippen LogP) is 1.08. The van der Waals surface area contributed by atoms with Crippen molar-refractivity contribution in [3.8, 4) is 11.4 Å². The molecule has 4 amide bonds. The second kappa shape index (κ2) is 7.86. The lowest BCUT2D eigenvalue weighted by molar-refractivity contribution is -0.133. The average Bonchev–Trinajstić information content (AvgIpc) is 3.38. The molecule has 2 aromatic carbocycles. The van der Waals surface area contributed by atoms with E-state index in [1.54, 1.807) is 62.6 Å². The third-order valence-electron chi connectivity index (χ3n) is 5.01. The van der Waals surface area contributed by atoms with Crippen molar-refractivity contribution in [2.45, 2.75) is 12.5 Å². The fourth-order valence-corrected chi connectivity index (χ4v) is 3.28. The molecule has 11 nitrogen and oxygen atoms in total. The summed E-state index contributed by atoms with van der Waals surface area (Å²) in [7, 11) is 1.54. The highest BCUT2D eigenvalue weighted by Crippen LogP contribution is 2.30. The quantitative estimate of drug-likeness (QED) is 0.569. The number of rotatable bonds is 6. The highest BCUT2D eigenvalue weighted by molar-refractivity contribution is 6.10. The maximum Gasteiger partial charge on any atom is 0.325 e. The van der Waals surface area contributed by atoms with Crippen LogP contribution in [0.3, 0.4) is 0 Å². The number of aromatic nitrogens is 4. The summed E-state index contributed by atoms with van der Waals surface area (Å²) in [5.41, 5.74) is 0.545. The largest absolute Gasteiger partial charge is 0.497 e. The molecule has 1 unspecified atom stereocenters. The Balaban J connectivity index is 1.43. The van der Waals surface area contributed by atoms with Crippen LogP contribution in [0.15, 0.2) is 54.9 Å². The number of methoxy groups -OCH3 is 1. The molecule has 0 saturated carbocycles. The highest BCUT2D eigenvalue weighted by Gasteiger charge is 2.49. The minimum absolute atomic E-state index is 0.412. The van der Waals surface area contributed by atoms with E-state index in [0.717, 1.165) is 4.90 Å². The van der Waals surface area contributed by atoms with Crippen LogP contribution in [-0.4, -0.2) is 56.6 Å². The molecule has 2 heterocycles. The van der Waals surface area contributed by atoms with Crippen molar-refractivity contribution in [2.75, 3.05) is 19.0 Å². The minimum atomic E-state index is -1.27. The van der Waals surface area contributed by atoms with Crippen LogP contribution in [0.25, 0.3) is 5.69 Å². The smallest absolute Gasteiger partial charge is 0.325 e. The maximum atomic E-state index is 13.0. The fraction of sp³-hybridized carbons (Fsp3) is 0.200. The summed E-state index contributed by atoms with van der Waals surface area (Å²) >= 11 is 0. The van der Waals surface area contributed by atoms with Gasteiger partial charge in [-0.05, 0) is 59.3 Å². The lowest BCUT2D eigenvalue weighted by Crippen LogP contribution is -2.42. The number of carbonyl (C=O) groups is 3. The molecule has 11 heteroatoms. The average molecular weight is 421 g/mol. The van der Waals surface area contributed by atoms with Crippen LogP contribution >= 0.6 is 0 Å². The number of nitrogens with zero attached hydrogens (tertiary/aromatic N) is 5. The van der Waals surface area contributed by atoms with Gasteiger partial charge in [0.05, 0.1) is 12.8 Å². The van der Waals surface area contributed by atoms with E-state index in [-0.39, 0.29) is 0 Å². The molecule has 0 radical (unpaired) electrons. The number of urea groups is 1. The van der Waals surface area contributed by atoms with Gasteiger partial charge in [0.25, 0.3) is 5.91 Å². The van der Waals surface area contributed by atoms with Gasteiger partial charge in [-0.25, -0.2) is 9.48 Å². The van der Waals surface area contributed by atoms with Gasteiger partial charge in [-0.15, -0.1) is 5.10 Å². The Bertz CT molecular complexity index is 1110. The fourth-order valence-electron chi connectivity index (χ4n) is 3.28. The van der Waals surface area contributed by atoms with Crippen molar-refractivity contribution >= 4 is 23.5 Å². The second-order valence-electron chi connectivity index (χ2n) is 7.02. The molecule has 1 aliphatic heterocycles. The number of amides is 4. The molecule has 31 heavy (non-hydrogen) atoms. The summed E-state index contributed by atoms with van der Waals surface area (Å²) in [5.74, 6) is -0.379. The molecule has 4 rings (SSSR count). The Labute approximate surface area is 177 Å². The van der Waals surface area contributed by atoms with Crippen LogP contribution in [0.1, 0.15) is 12.5 Å². The van der Waals surface area contributed by atoms with Gasteiger partial charge >= 0.3 is 6.03 Å². The Hall–Kier alpha value is -4.28. The number of nitrogens with one attached hydrogen (secondary N) is 2. The van der Waals surface area contributed by atoms with Crippen molar-refractivity contribution < 1.29 is 19.1 Å². The number of benzene rings is 2. The molecule has 1 aromatic heterocycles. The van der Waals surface area contributed by atoms with Crippen LogP contribution in [0, 0.1) is 0 Å². The van der Waals surface area contributed by atoms with Crippen molar-refractivity contribution in [1.29, 1.82) is 0 Å². The first kappa shape index (κ1) is 20.0. The summed E-state index contributed by atoms with van der Waals surface area (Å²) in [5, 5.41) is 16.3. The predicted molar refractivity (Wildman–Crippen MR) is 108 cm³/mol. The normalized spacial score (nSPS) is 18.1. The zero-order chi connectivity index (χ0) is 22.0. The van der Waals surface area contributed by atoms with Crippen LogP contribution in [0.2, 0.25) is 0 Å². The molecule has 0 bridgehead atoms. The monoisotopic (exact) mass is 421 g/mol. The van der Waals surface area contributed by atoms with Crippen LogP contribution in [-0.2, 0) is 15.1 Å². The van der Waals surface area contributed by atoms with Gasteiger partial charge in [0.15, 0.2) is 0 Å². The van der Waals surface area contributed by atoms with Gasteiger partial charge in [-0.1, -0.05) is 12.1 Å². The Kier molecular flexibility index (Phi) is 5.07. The second-order valence-corrected chi connectivity index (χ2v) is 7.02. The molecule has 3 aromatic rings. The molecule has 1 atom stereocenters. The van der Waals surface area contributed by atoms with Gasteiger partial charge < -0.3 is 15.4 Å². The third-order valence-corrected chi connectivity index (χ3v) is 5.01. The van der Waals surface area contributed by atoms with Gasteiger partial charge in [0.1, 0.15) is 24.2 Å². The maximum absolute atomic E-state index is 13.0. The molecular formula is C20H19N7O4. The van der Waals surface area contributed by atoms with Crippen LogP contribution in [0.4, 0.5) is 10.5 Å². The van der Waals surface area contributed by atoms with Gasteiger partial charge in [0.2, 0.25) is 5.91 Å². The standard InChI is InChI=1S/C20H19N7O4/c1-20(13-3-9-16(31-2)10-4-13)18(29)26(19(30)23-20)11-17(28)22-14-5-7-15(8-6-14)27-12-21-24-25-27/h3-10,12H,11H2,1-2H3,(H,22,28)(H,23,30). The number of ether oxygens (including phenoxy) is 1. The van der Waals surface area contributed by atoms with E-state index in [0.29, 0.717) is 22.7 Å². The molecule has 1 fully saturated rings. The SMILES string of the molecule is COc1ccc(C2(C)NC(=O)N(CC(=O)Nc3ccc(-n4cnnn4)cc3)C2=O)cc1. The van der Waals surface area contributed by atoms with Crippen molar-refractivity contribution in [1.82, 2.24) is 30.4 Å². The van der Waals surface area contributed by atoms with E-state index in [4.69, 9.17) is 4.74 Å². The molecule has 1 saturated heterocycles. The van der Waals surface area contributed by atoms with E-state index < -0.39 is 29.9 Å². The number of tetrazole rings is 1. The molecule has 2 N–H and O–H groups in total. The van der Waals surface area contributed by atoms with Gasteiger partial charge in [0, 0.05) is 5.69 Å². The lowest BCUT2D eigenvalue weighted by atomic mass is 9.92. The van der Waals surface area contributed by atoms with E-state index in [9.17, 15) is 14.4 Å². The number of carbonyl (C=O) groups excluding carboxylic acids is 3. The molecule has 1 aliphatic rings. The van der Waals surface area contributed by atoms with E-state index in [2.05, 4.69) is 26.2 Å². The van der Waals surface area contributed by atoms with Crippen molar-refractivity contribution in [3.05, 3.63) is 60.4 Å².